The molecule has 0 aliphatic heterocycles. The quantitative estimate of drug-likeness (QED) is 0.815. The van der Waals surface area contributed by atoms with Crippen LogP contribution in [0, 0.1) is 25.3 Å². The molecule has 2 N–H and O–H groups in total. The van der Waals surface area contributed by atoms with E-state index in [1.165, 1.54) is 0 Å². The molecule has 1 radical (unpaired) electrons. The molecule has 1 rings (SSSR count). The third-order valence-electron chi connectivity index (χ3n) is 2.32. The fourth-order valence-corrected chi connectivity index (χ4v) is 1.24. The Kier molecular flexibility index (Phi) is 6.19. The molecule has 1 atom stereocenters. The normalized spacial score (nSPS) is 13.1. The molecular formula is C11H17N2O2Y-. The summed E-state index contributed by atoms with van der Waals surface area (Å²) in [7, 11) is 0. The van der Waals surface area contributed by atoms with Crippen LogP contribution in [0.2, 0.25) is 0 Å². The van der Waals surface area contributed by atoms with E-state index in [4.69, 9.17) is 5.11 Å². The van der Waals surface area contributed by atoms with Gasteiger partial charge < -0.3 is 16.3 Å². The minimum absolute atomic E-state index is 0. The van der Waals surface area contributed by atoms with E-state index >= 15 is 0 Å². The summed E-state index contributed by atoms with van der Waals surface area (Å²) in [6.07, 6.45) is -0.866. The van der Waals surface area contributed by atoms with Crippen molar-refractivity contribution in [2.75, 3.05) is 6.61 Å². The molecule has 87 valence electrons. The maximum Gasteiger partial charge on any atom is 0.152 e. The predicted octanol–water partition coefficient (Wildman–Crippen LogP) is 0.943. The molecule has 0 saturated carbocycles. The zero-order chi connectivity index (χ0) is 11.6. The van der Waals surface area contributed by atoms with Gasteiger partial charge in [-0.15, -0.1) is 11.4 Å². The maximum absolute atomic E-state index is 10.00. The summed E-state index contributed by atoms with van der Waals surface area (Å²) >= 11 is 0. The van der Waals surface area contributed by atoms with Crippen molar-refractivity contribution in [1.82, 2.24) is 9.97 Å². The number of aromatic nitrogens is 2. The molecule has 5 heteroatoms. The first-order valence-electron chi connectivity index (χ1n) is 4.90. The third-order valence-corrected chi connectivity index (χ3v) is 2.32. The van der Waals surface area contributed by atoms with Crippen molar-refractivity contribution in [2.45, 2.75) is 33.8 Å². The fourth-order valence-electron chi connectivity index (χ4n) is 1.24. The molecule has 0 aliphatic carbocycles. The molecule has 16 heavy (non-hydrogen) atoms. The zero-order valence-corrected chi connectivity index (χ0v) is 13.0. The minimum atomic E-state index is -0.866. The smallest absolute Gasteiger partial charge is 0.152 e. The molecule has 0 amide bonds. The summed E-state index contributed by atoms with van der Waals surface area (Å²) in [4.78, 5) is 8.24. The molecule has 1 heterocycles. The van der Waals surface area contributed by atoms with Gasteiger partial charge in [0, 0.05) is 38.1 Å². The van der Waals surface area contributed by atoms with Crippen LogP contribution in [-0.2, 0) is 32.7 Å². The fraction of sp³-hybridized carbons (Fsp3) is 0.636. The standard InChI is InChI=1S/C11H17N2O2.Y/c1-7-5-8(2)13-10(12-7)9(15)11(3,4)6-14;/h9,14-15H,6H2,1-4H3;/q-1;. The van der Waals surface area contributed by atoms with Crippen molar-refractivity contribution in [1.29, 1.82) is 0 Å². The van der Waals surface area contributed by atoms with Crippen molar-refractivity contribution in [3.05, 3.63) is 23.3 Å². The molecule has 1 aromatic rings. The van der Waals surface area contributed by atoms with Gasteiger partial charge in [-0.2, -0.15) is 0 Å². The van der Waals surface area contributed by atoms with Gasteiger partial charge in [0.1, 0.15) is 6.10 Å². The van der Waals surface area contributed by atoms with Gasteiger partial charge >= 0.3 is 0 Å². The summed E-state index contributed by atoms with van der Waals surface area (Å²) in [6, 6.07) is 2.94. The molecule has 4 nitrogen and oxygen atoms in total. The second kappa shape index (κ2) is 6.15. The summed E-state index contributed by atoms with van der Waals surface area (Å²) in [5, 5.41) is 19.1. The molecule has 0 aliphatic rings. The molecule has 0 spiro atoms. The molecule has 0 bridgehead atoms. The average molecular weight is 298 g/mol. The first kappa shape index (κ1) is 16.1. The molecule has 0 aromatic carbocycles. The second-order valence-electron chi connectivity index (χ2n) is 4.43. The summed E-state index contributed by atoms with van der Waals surface area (Å²) in [6.45, 7) is 7.02. The Morgan fingerprint density at radius 3 is 2.06 bits per heavy atom. The zero-order valence-electron chi connectivity index (χ0n) is 10.2. The van der Waals surface area contributed by atoms with Crippen LogP contribution in [0.5, 0.6) is 0 Å². The van der Waals surface area contributed by atoms with E-state index in [1.54, 1.807) is 27.7 Å². The Bertz CT molecular complexity index is 336. The van der Waals surface area contributed by atoms with E-state index in [2.05, 4.69) is 16.0 Å². The van der Waals surface area contributed by atoms with Crippen molar-refractivity contribution < 1.29 is 42.9 Å². The summed E-state index contributed by atoms with van der Waals surface area (Å²) in [5.41, 5.74) is 0.760. The summed E-state index contributed by atoms with van der Waals surface area (Å²) < 4.78 is 0. The number of rotatable bonds is 3. The van der Waals surface area contributed by atoms with Crippen LogP contribution in [0.25, 0.3) is 0 Å². The van der Waals surface area contributed by atoms with Crippen LogP contribution >= 0.6 is 0 Å². The van der Waals surface area contributed by atoms with Crippen molar-refractivity contribution in [3.63, 3.8) is 0 Å². The van der Waals surface area contributed by atoms with Crippen LogP contribution in [0.1, 0.15) is 37.2 Å². The molecule has 0 fully saturated rings. The van der Waals surface area contributed by atoms with Crippen LogP contribution in [0.4, 0.5) is 0 Å². The first-order valence-corrected chi connectivity index (χ1v) is 4.90. The van der Waals surface area contributed by atoms with Crippen LogP contribution in [-0.4, -0.2) is 26.8 Å². The van der Waals surface area contributed by atoms with Crippen LogP contribution < -0.4 is 0 Å². The predicted molar refractivity (Wildman–Crippen MR) is 56.2 cm³/mol. The van der Waals surface area contributed by atoms with Gasteiger partial charge in [0.2, 0.25) is 0 Å². The van der Waals surface area contributed by atoms with Gasteiger partial charge in [-0.1, -0.05) is 27.7 Å². The van der Waals surface area contributed by atoms with Crippen molar-refractivity contribution in [3.8, 4) is 0 Å². The Hall–Kier alpha value is 0.104. The third kappa shape index (κ3) is 3.84. The van der Waals surface area contributed by atoms with Crippen LogP contribution in [0.15, 0.2) is 0 Å². The SMILES string of the molecule is Cc1[c-]c(C)nc(C(O)C(C)(C)CO)n1.[Y]. The van der Waals surface area contributed by atoms with Gasteiger partial charge in [-0.3, -0.25) is 9.97 Å². The molecule has 1 unspecified atom stereocenters. The number of aryl methyl sites for hydroxylation is 2. The van der Waals surface area contributed by atoms with Crippen molar-refractivity contribution in [2.24, 2.45) is 5.41 Å². The molecule has 1 aromatic heterocycles. The Balaban J connectivity index is 0.00000225. The van der Waals surface area contributed by atoms with Gasteiger partial charge in [0.15, 0.2) is 5.82 Å². The minimum Gasteiger partial charge on any atom is -0.427 e. The summed E-state index contributed by atoms with van der Waals surface area (Å²) in [5.74, 6) is 0.350. The second-order valence-corrected chi connectivity index (χ2v) is 4.43. The van der Waals surface area contributed by atoms with E-state index in [1.807, 2.05) is 0 Å². The van der Waals surface area contributed by atoms with Gasteiger partial charge in [-0.25, -0.2) is 0 Å². The van der Waals surface area contributed by atoms with Crippen LogP contribution in [0.3, 0.4) is 0 Å². The first-order chi connectivity index (χ1) is 6.86. The topological polar surface area (TPSA) is 66.2 Å². The number of aliphatic hydroxyl groups is 2. The van der Waals surface area contributed by atoms with E-state index in [0.29, 0.717) is 17.2 Å². The Labute approximate surface area is 121 Å². The number of hydrogen-bond acceptors (Lipinski definition) is 4. The van der Waals surface area contributed by atoms with Gasteiger partial charge in [0.05, 0.1) is 6.61 Å². The Morgan fingerprint density at radius 2 is 1.69 bits per heavy atom. The van der Waals surface area contributed by atoms with E-state index in [0.717, 1.165) is 0 Å². The number of aliphatic hydroxyl groups excluding tert-OH is 2. The largest absolute Gasteiger partial charge is 0.427 e. The molecule has 0 saturated heterocycles. The average Bonchev–Trinajstić information content (AvgIpc) is 2.15. The monoisotopic (exact) mass is 298 g/mol. The van der Waals surface area contributed by atoms with Gasteiger partial charge in [-0.05, 0) is 0 Å². The Morgan fingerprint density at radius 1 is 1.25 bits per heavy atom. The number of hydrogen-bond donors (Lipinski definition) is 2. The van der Waals surface area contributed by atoms with Gasteiger partial charge in [0.25, 0.3) is 0 Å². The van der Waals surface area contributed by atoms with E-state index < -0.39 is 11.5 Å². The number of nitrogens with zero attached hydrogens (tertiary/aromatic N) is 2. The van der Waals surface area contributed by atoms with E-state index in [9.17, 15) is 5.11 Å². The van der Waals surface area contributed by atoms with E-state index in [-0.39, 0.29) is 39.3 Å². The molecular weight excluding hydrogens is 281 g/mol. The van der Waals surface area contributed by atoms with Crippen molar-refractivity contribution >= 4 is 0 Å². The maximum atomic E-state index is 10.00.